The summed E-state index contributed by atoms with van der Waals surface area (Å²) in [5.41, 5.74) is 0. The van der Waals surface area contributed by atoms with Gasteiger partial charge in [0.05, 0.1) is 6.26 Å². The summed E-state index contributed by atoms with van der Waals surface area (Å²) >= 11 is 0. The molecule has 23 heavy (non-hydrogen) atoms. The predicted molar refractivity (Wildman–Crippen MR) is 97.2 cm³/mol. The fraction of sp³-hybridized carbons (Fsp3) is 0.938. The molecule has 1 aliphatic rings. The van der Waals surface area contributed by atoms with Crippen molar-refractivity contribution in [1.82, 2.24) is 14.9 Å². The number of hydrogen-bond acceptors (Lipinski definition) is 3. The standard InChI is InChI=1S/C16H34N4O2S/c1-5-17-16(18-11-6-12-19-23(4,21)22)20(3)13-15-9-7-14(2)8-10-15/h14-15,19H,5-13H2,1-4H3,(H,17,18). The molecule has 0 saturated heterocycles. The number of aliphatic imine (C=N–C) groups is 1. The lowest BCUT2D eigenvalue weighted by atomic mass is 9.83. The van der Waals surface area contributed by atoms with Gasteiger partial charge in [-0.05, 0) is 38.0 Å². The lowest BCUT2D eigenvalue weighted by Crippen LogP contribution is -2.42. The molecule has 6 nitrogen and oxygen atoms in total. The average molecular weight is 347 g/mol. The second-order valence-electron chi connectivity index (χ2n) is 6.76. The minimum Gasteiger partial charge on any atom is -0.357 e. The second kappa shape index (κ2) is 10.1. The van der Waals surface area contributed by atoms with Gasteiger partial charge in [-0.2, -0.15) is 0 Å². The molecule has 0 atom stereocenters. The quantitative estimate of drug-likeness (QED) is 0.398. The molecule has 0 unspecified atom stereocenters. The molecule has 0 amide bonds. The van der Waals surface area contributed by atoms with Crippen LogP contribution in [-0.4, -0.2) is 58.8 Å². The number of rotatable bonds is 8. The van der Waals surface area contributed by atoms with Crippen LogP contribution in [0.15, 0.2) is 4.99 Å². The molecule has 0 spiro atoms. The highest BCUT2D eigenvalue weighted by molar-refractivity contribution is 7.88. The molecule has 136 valence electrons. The Morgan fingerprint density at radius 3 is 2.48 bits per heavy atom. The summed E-state index contributed by atoms with van der Waals surface area (Å²) < 4.78 is 24.5. The van der Waals surface area contributed by atoms with Crippen LogP contribution < -0.4 is 10.0 Å². The molecule has 2 N–H and O–H groups in total. The molecule has 7 heteroatoms. The molecule has 1 rings (SSSR count). The smallest absolute Gasteiger partial charge is 0.208 e. The molecule has 1 aliphatic carbocycles. The SMILES string of the molecule is CCNC(=NCCCNS(C)(=O)=O)N(C)CC1CCC(C)CC1. The van der Waals surface area contributed by atoms with Crippen LogP contribution >= 0.6 is 0 Å². The zero-order valence-electron chi connectivity index (χ0n) is 15.1. The fourth-order valence-corrected chi connectivity index (χ4v) is 3.49. The lowest BCUT2D eigenvalue weighted by molar-refractivity contribution is 0.250. The van der Waals surface area contributed by atoms with Gasteiger partial charge in [-0.1, -0.05) is 19.8 Å². The number of nitrogens with zero attached hydrogens (tertiary/aromatic N) is 2. The Morgan fingerprint density at radius 2 is 1.91 bits per heavy atom. The van der Waals surface area contributed by atoms with Gasteiger partial charge in [0.1, 0.15) is 0 Å². The Kier molecular flexibility index (Phi) is 8.91. The van der Waals surface area contributed by atoms with Crippen LogP contribution in [0.25, 0.3) is 0 Å². The first-order chi connectivity index (χ1) is 10.8. The second-order valence-corrected chi connectivity index (χ2v) is 8.60. The topological polar surface area (TPSA) is 73.8 Å². The third-order valence-electron chi connectivity index (χ3n) is 4.32. The van der Waals surface area contributed by atoms with Gasteiger partial charge in [-0.15, -0.1) is 0 Å². The third kappa shape index (κ3) is 9.15. The van der Waals surface area contributed by atoms with Gasteiger partial charge in [-0.3, -0.25) is 4.99 Å². The van der Waals surface area contributed by atoms with E-state index in [1.165, 1.54) is 31.9 Å². The summed E-state index contributed by atoms with van der Waals surface area (Å²) in [6, 6.07) is 0. The van der Waals surface area contributed by atoms with E-state index in [2.05, 4.69) is 40.8 Å². The number of hydrogen-bond donors (Lipinski definition) is 2. The van der Waals surface area contributed by atoms with E-state index in [0.717, 1.165) is 30.9 Å². The van der Waals surface area contributed by atoms with Gasteiger partial charge >= 0.3 is 0 Å². The molecule has 0 heterocycles. The Labute approximate surface area is 142 Å². The summed E-state index contributed by atoms with van der Waals surface area (Å²) in [6.07, 6.45) is 7.18. The van der Waals surface area contributed by atoms with E-state index in [4.69, 9.17) is 0 Å². The van der Waals surface area contributed by atoms with Crippen molar-refractivity contribution in [2.24, 2.45) is 16.8 Å². The van der Waals surface area contributed by atoms with E-state index in [-0.39, 0.29) is 0 Å². The number of guanidine groups is 1. The van der Waals surface area contributed by atoms with E-state index < -0.39 is 10.0 Å². The maximum Gasteiger partial charge on any atom is 0.208 e. The number of sulfonamides is 1. The van der Waals surface area contributed by atoms with Crippen LogP contribution in [0.5, 0.6) is 0 Å². The van der Waals surface area contributed by atoms with Crippen molar-refractivity contribution < 1.29 is 8.42 Å². The zero-order chi connectivity index (χ0) is 17.3. The van der Waals surface area contributed by atoms with Crippen LogP contribution in [0.3, 0.4) is 0 Å². The van der Waals surface area contributed by atoms with Gasteiger partial charge in [0, 0.05) is 33.2 Å². The minimum absolute atomic E-state index is 0.436. The average Bonchev–Trinajstić information content (AvgIpc) is 2.47. The van der Waals surface area contributed by atoms with E-state index >= 15 is 0 Å². The number of nitrogens with one attached hydrogen (secondary N) is 2. The molecule has 0 radical (unpaired) electrons. The highest BCUT2D eigenvalue weighted by atomic mass is 32.2. The van der Waals surface area contributed by atoms with E-state index in [1.807, 2.05) is 0 Å². The maximum atomic E-state index is 11.0. The van der Waals surface area contributed by atoms with Crippen LogP contribution in [0.2, 0.25) is 0 Å². The summed E-state index contributed by atoms with van der Waals surface area (Å²) in [5.74, 6) is 2.55. The van der Waals surface area contributed by atoms with Gasteiger partial charge in [0.25, 0.3) is 0 Å². The molecular weight excluding hydrogens is 312 g/mol. The summed E-state index contributed by atoms with van der Waals surface area (Å²) in [7, 11) is -1.01. The van der Waals surface area contributed by atoms with Crippen molar-refractivity contribution in [2.45, 2.75) is 46.0 Å². The molecular formula is C16H34N4O2S. The van der Waals surface area contributed by atoms with Crippen LogP contribution in [0, 0.1) is 11.8 Å². The highest BCUT2D eigenvalue weighted by Gasteiger charge is 2.20. The summed E-state index contributed by atoms with van der Waals surface area (Å²) in [5, 5.41) is 3.33. The Balaban J connectivity index is 2.40. The van der Waals surface area contributed by atoms with Gasteiger partial charge < -0.3 is 10.2 Å². The molecule has 0 aromatic carbocycles. The molecule has 0 aromatic heterocycles. The monoisotopic (exact) mass is 346 g/mol. The van der Waals surface area contributed by atoms with Gasteiger partial charge in [-0.25, -0.2) is 13.1 Å². The normalized spacial score (nSPS) is 22.9. The van der Waals surface area contributed by atoms with Crippen molar-refractivity contribution in [3.8, 4) is 0 Å². The Morgan fingerprint density at radius 1 is 1.26 bits per heavy atom. The van der Waals surface area contributed by atoms with Crippen molar-refractivity contribution >= 4 is 16.0 Å². The van der Waals surface area contributed by atoms with Crippen molar-refractivity contribution in [3.63, 3.8) is 0 Å². The molecule has 0 aromatic rings. The molecule has 0 aliphatic heterocycles. The van der Waals surface area contributed by atoms with E-state index in [0.29, 0.717) is 19.5 Å². The minimum atomic E-state index is -3.10. The molecule has 0 bridgehead atoms. The molecule has 1 saturated carbocycles. The van der Waals surface area contributed by atoms with Crippen LogP contribution in [-0.2, 0) is 10.0 Å². The summed E-state index contributed by atoms with van der Waals surface area (Å²) in [6.45, 7) is 7.35. The first-order valence-corrected chi connectivity index (χ1v) is 10.6. The first-order valence-electron chi connectivity index (χ1n) is 8.76. The third-order valence-corrected chi connectivity index (χ3v) is 5.05. The van der Waals surface area contributed by atoms with Crippen LogP contribution in [0.1, 0.15) is 46.0 Å². The summed E-state index contributed by atoms with van der Waals surface area (Å²) in [4.78, 5) is 6.83. The van der Waals surface area contributed by atoms with Crippen molar-refractivity contribution in [3.05, 3.63) is 0 Å². The Hall–Kier alpha value is -0.820. The maximum absolute atomic E-state index is 11.0. The van der Waals surface area contributed by atoms with E-state index in [1.54, 1.807) is 0 Å². The van der Waals surface area contributed by atoms with Gasteiger partial charge in [0.2, 0.25) is 10.0 Å². The van der Waals surface area contributed by atoms with Crippen molar-refractivity contribution in [2.75, 3.05) is 39.5 Å². The lowest BCUT2D eigenvalue weighted by Gasteiger charge is -2.31. The predicted octanol–water partition coefficient (Wildman–Crippen LogP) is 1.65. The van der Waals surface area contributed by atoms with Crippen molar-refractivity contribution in [1.29, 1.82) is 0 Å². The van der Waals surface area contributed by atoms with Gasteiger partial charge in [0.15, 0.2) is 5.96 Å². The Bertz CT molecular complexity index is 457. The highest BCUT2D eigenvalue weighted by Crippen LogP contribution is 2.28. The van der Waals surface area contributed by atoms with Crippen LogP contribution in [0.4, 0.5) is 0 Å². The zero-order valence-corrected chi connectivity index (χ0v) is 16.0. The first kappa shape index (κ1) is 20.2. The van der Waals surface area contributed by atoms with E-state index in [9.17, 15) is 8.42 Å². The fourth-order valence-electron chi connectivity index (χ4n) is 2.98. The molecule has 1 fully saturated rings. The largest absolute Gasteiger partial charge is 0.357 e.